The Kier molecular flexibility index (Phi) is 6.52. The fourth-order valence-electron chi connectivity index (χ4n) is 3.87. The zero-order chi connectivity index (χ0) is 20.4. The highest BCUT2D eigenvalue weighted by atomic mass is 16.6. The van der Waals surface area contributed by atoms with E-state index in [1.807, 2.05) is 51.1 Å². The first-order valence-electron chi connectivity index (χ1n) is 9.48. The van der Waals surface area contributed by atoms with Crippen molar-refractivity contribution in [2.45, 2.75) is 65.8 Å². The molecule has 1 aromatic carbocycles. The molecule has 1 unspecified atom stereocenters. The summed E-state index contributed by atoms with van der Waals surface area (Å²) >= 11 is 0. The van der Waals surface area contributed by atoms with Gasteiger partial charge in [-0.1, -0.05) is 51.1 Å². The fourth-order valence-corrected chi connectivity index (χ4v) is 3.87. The highest BCUT2D eigenvalue weighted by Crippen LogP contribution is 2.48. The number of benzene rings is 1. The van der Waals surface area contributed by atoms with E-state index in [9.17, 15) is 14.7 Å². The Hall–Kier alpha value is -2.08. The van der Waals surface area contributed by atoms with Crippen molar-refractivity contribution >= 4 is 12.1 Å². The Labute approximate surface area is 161 Å². The van der Waals surface area contributed by atoms with Crippen LogP contribution in [0.3, 0.4) is 0 Å². The second kappa shape index (κ2) is 8.30. The lowest BCUT2D eigenvalue weighted by Gasteiger charge is -2.34. The van der Waals surface area contributed by atoms with E-state index in [2.05, 4.69) is 0 Å². The predicted octanol–water partition coefficient (Wildman–Crippen LogP) is 3.54. The lowest BCUT2D eigenvalue weighted by atomic mass is 9.74. The zero-order valence-electron chi connectivity index (χ0n) is 17.0. The Bertz CT molecular complexity index is 652. The van der Waals surface area contributed by atoms with Gasteiger partial charge in [0.05, 0.1) is 24.9 Å². The van der Waals surface area contributed by atoms with Gasteiger partial charge < -0.3 is 14.6 Å². The molecule has 0 aromatic heterocycles. The standard InChI is InChI=1S/C21H31NO5/c1-7-26-19(24)17-15(21(4,5)6)18(23)16(14-11-9-8-10-12-14)22(17)20(25)27-13(2)3/h8-13,15-18,23H,7H2,1-6H3/t15-,16+,17+,18?/m0/s1. The molecule has 1 N–H and O–H groups in total. The topological polar surface area (TPSA) is 76.1 Å². The maximum absolute atomic E-state index is 13.0. The summed E-state index contributed by atoms with van der Waals surface area (Å²) in [5.74, 6) is -1.02. The van der Waals surface area contributed by atoms with Crippen molar-refractivity contribution in [3.63, 3.8) is 0 Å². The summed E-state index contributed by atoms with van der Waals surface area (Å²) in [6, 6.07) is 7.64. The molecule has 1 amide bonds. The van der Waals surface area contributed by atoms with Gasteiger partial charge in [0.25, 0.3) is 0 Å². The molecular weight excluding hydrogens is 346 g/mol. The first-order chi connectivity index (χ1) is 12.6. The van der Waals surface area contributed by atoms with Crippen LogP contribution in [0, 0.1) is 11.3 Å². The predicted molar refractivity (Wildman–Crippen MR) is 102 cm³/mol. The lowest BCUT2D eigenvalue weighted by Crippen LogP contribution is -2.48. The molecular formula is C21H31NO5. The number of likely N-dealkylation sites (tertiary alicyclic amines) is 1. The minimum atomic E-state index is -0.929. The molecule has 1 aliphatic heterocycles. The van der Waals surface area contributed by atoms with Crippen molar-refractivity contribution in [2.75, 3.05) is 6.61 Å². The Morgan fingerprint density at radius 3 is 2.26 bits per heavy atom. The van der Waals surface area contributed by atoms with Gasteiger partial charge in [-0.25, -0.2) is 9.59 Å². The molecule has 0 bridgehead atoms. The van der Waals surface area contributed by atoms with E-state index in [0.717, 1.165) is 5.56 Å². The van der Waals surface area contributed by atoms with Crippen LogP contribution in [0.25, 0.3) is 0 Å². The molecule has 4 atom stereocenters. The minimum Gasteiger partial charge on any atom is -0.464 e. The van der Waals surface area contributed by atoms with E-state index in [1.54, 1.807) is 20.8 Å². The molecule has 6 heteroatoms. The summed E-state index contributed by atoms with van der Waals surface area (Å²) in [5.41, 5.74) is 0.322. The fraction of sp³-hybridized carbons (Fsp3) is 0.619. The third kappa shape index (κ3) is 4.43. The van der Waals surface area contributed by atoms with Gasteiger partial charge in [0.2, 0.25) is 0 Å². The van der Waals surface area contributed by atoms with Crippen LogP contribution in [0.4, 0.5) is 4.79 Å². The Balaban J connectivity index is 2.59. The number of nitrogens with zero attached hydrogens (tertiary/aromatic N) is 1. The summed E-state index contributed by atoms with van der Waals surface area (Å²) in [5, 5.41) is 11.2. The highest BCUT2D eigenvalue weighted by Gasteiger charge is 2.58. The number of carbonyl (C=O) groups excluding carboxylic acids is 2. The first kappa shape index (κ1) is 21.2. The minimum absolute atomic E-state index is 0.200. The lowest BCUT2D eigenvalue weighted by molar-refractivity contribution is -0.151. The van der Waals surface area contributed by atoms with E-state index >= 15 is 0 Å². The summed E-state index contributed by atoms with van der Waals surface area (Å²) in [6.45, 7) is 11.3. The second-order valence-electron chi connectivity index (χ2n) is 8.27. The van der Waals surface area contributed by atoms with Crippen LogP contribution >= 0.6 is 0 Å². The molecule has 150 valence electrons. The zero-order valence-corrected chi connectivity index (χ0v) is 17.0. The number of hydrogen-bond acceptors (Lipinski definition) is 5. The maximum atomic E-state index is 13.0. The van der Waals surface area contributed by atoms with Crippen molar-refractivity contribution < 1.29 is 24.2 Å². The maximum Gasteiger partial charge on any atom is 0.411 e. The third-order valence-electron chi connectivity index (χ3n) is 4.85. The number of esters is 1. The number of rotatable bonds is 4. The van der Waals surface area contributed by atoms with Crippen LogP contribution in [0.15, 0.2) is 30.3 Å². The monoisotopic (exact) mass is 377 g/mol. The molecule has 6 nitrogen and oxygen atoms in total. The molecule has 1 aliphatic rings. The van der Waals surface area contributed by atoms with Gasteiger partial charge in [-0.15, -0.1) is 0 Å². The van der Waals surface area contributed by atoms with Crippen molar-refractivity contribution in [3.8, 4) is 0 Å². The largest absolute Gasteiger partial charge is 0.464 e. The molecule has 1 heterocycles. The molecule has 27 heavy (non-hydrogen) atoms. The highest BCUT2D eigenvalue weighted by molar-refractivity contribution is 5.83. The molecule has 0 aliphatic carbocycles. The summed E-state index contributed by atoms with van der Waals surface area (Å²) in [4.78, 5) is 27.2. The molecule has 1 aromatic rings. The van der Waals surface area contributed by atoms with Crippen LogP contribution in [0.1, 0.15) is 53.1 Å². The van der Waals surface area contributed by atoms with Crippen LogP contribution < -0.4 is 0 Å². The van der Waals surface area contributed by atoms with Gasteiger partial charge >= 0.3 is 12.1 Å². The smallest absolute Gasteiger partial charge is 0.411 e. The summed E-state index contributed by atoms with van der Waals surface area (Å²) < 4.78 is 10.7. The van der Waals surface area contributed by atoms with Crippen molar-refractivity contribution in [3.05, 3.63) is 35.9 Å². The van der Waals surface area contributed by atoms with Crippen LogP contribution in [0.5, 0.6) is 0 Å². The van der Waals surface area contributed by atoms with Crippen LogP contribution in [-0.2, 0) is 14.3 Å². The van der Waals surface area contributed by atoms with Crippen LogP contribution in [0.2, 0.25) is 0 Å². The number of carbonyl (C=O) groups is 2. The molecule has 0 saturated carbocycles. The Morgan fingerprint density at radius 2 is 1.78 bits per heavy atom. The number of aliphatic hydroxyl groups excluding tert-OH is 1. The molecule has 0 spiro atoms. The quantitative estimate of drug-likeness (QED) is 0.812. The molecule has 1 saturated heterocycles. The summed E-state index contributed by atoms with van der Waals surface area (Å²) in [7, 11) is 0. The van der Waals surface area contributed by atoms with Crippen molar-refractivity contribution in [2.24, 2.45) is 11.3 Å². The number of amides is 1. The number of ether oxygens (including phenoxy) is 2. The molecule has 0 radical (unpaired) electrons. The van der Waals surface area contributed by atoms with Gasteiger partial charge in [0, 0.05) is 5.92 Å². The van der Waals surface area contributed by atoms with Gasteiger partial charge in [0.1, 0.15) is 6.04 Å². The van der Waals surface area contributed by atoms with Gasteiger partial charge in [0.15, 0.2) is 0 Å². The van der Waals surface area contributed by atoms with Gasteiger partial charge in [-0.05, 0) is 31.7 Å². The first-order valence-corrected chi connectivity index (χ1v) is 9.48. The average Bonchev–Trinajstić information content (AvgIpc) is 2.88. The van der Waals surface area contributed by atoms with E-state index in [1.165, 1.54) is 4.90 Å². The molecule has 1 fully saturated rings. The normalized spacial score (nSPS) is 25.6. The van der Waals surface area contributed by atoms with E-state index < -0.39 is 41.6 Å². The Morgan fingerprint density at radius 1 is 1.19 bits per heavy atom. The number of hydrogen-bond donors (Lipinski definition) is 1. The second-order valence-corrected chi connectivity index (χ2v) is 8.27. The number of aliphatic hydroxyl groups is 1. The van der Waals surface area contributed by atoms with Gasteiger partial charge in [-0.3, -0.25) is 4.90 Å². The van der Waals surface area contributed by atoms with Gasteiger partial charge in [-0.2, -0.15) is 0 Å². The van der Waals surface area contributed by atoms with Crippen LogP contribution in [-0.4, -0.2) is 46.9 Å². The van der Waals surface area contributed by atoms with Crippen molar-refractivity contribution in [1.29, 1.82) is 0 Å². The van der Waals surface area contributed by atoms with E-state index in [-0.39, 0.29) is 12.7 Å². The van der Waals surface area contributed by atoms with E-state index in [0.29, 0.717) is 0 Å². The third-order valence-corrected chi connectivity index (χ3v) is 4.85. The summed E-state index contributed by atoms with van der Waals surface area (Å²) in [6.07, 6.45) is -1.90. The van der Waals surface area contributed by atoms with E-state index in [4.69, 9.17) is 9.47 Å². The molecule has 2 rings (SSSR count). The van der Waals surface area contributed by atoms with Crippen molar-refractivity contribution in [1.82, 2.24) is 4.90 Å². The average molecular weight is 377 g/mol. The SMILES string of the molecule is CCOC(=O)[C@H]1[C@H](C(C)(C)C)C(O)[C@@H](c2ccccc2)N1C(=O)OC(C)C.